The van der Waals surface area contributed by atoms with Crippen LogP contribution in [0.5, 0.6) is 0 Å². The first-order chi connectivity index (χ1) is 9.20. The molecule has 0 spiro atoms. The topological polar surface area (TPSA) is 30.7 Å². The fourth-order valence-electron chi connectivity index (χ4n) is 2.31. The monoisotopic (exact) mass is 271 g/mol. The minimum Gasteiger partial charge on any atom is -0.296 e. The smallest absolute Gasteiger partial charge is 0.157 e. The lowest BCUT2D eigenvalue weighted by Gasteiger charge is -2.08. The van der Waals surface area contributed by atoms with Gasteiger partial charge in [0.1, 0.15) is 11.3 Å². The number of aromatic nitrogens is 3. The van der Waals surface area contributed by atoms with Crippen LogP contribution < -0.4 is 0 Å². The minimum atomic E-state index is 0.472. The van der Waals surface area contributed by atoms with E-state index in [1.807, 2.05) is 31.2 Å². The largest absolute Gasteiger partial charge is 0.296 e. The minimum absolute atomic E-state index is 0.472. The van der Waals surface area contributed by atoms with Gasteiger partial charge in [-0.25, -0.2) is 9.97 Å². The standard InChI is InChI=1S/C15H14ClN3/c1-3-13-18-14-12(9-10(2)17-15(14)16)19(13)11-7-5-4-6-8-11/h4-9H,3H2,1-2H3. The van der Waals surface area contributed by atoms with Crippen molar-refractivity contribution in [3.8, 4) is 5.69 Å². The van der Waals surface area contributed by atoms with Crippen molar-refractivity contribution < 1.29 is 0 Å². The molecule has 0 aliphatic heterocycles. The van der Waals surface area contributed by atoms with E-state index in [-0.39, 0.29) is 0 Å². The van der Waals surface area contributed by atoms with Crippen LogP contribution in [-0.2, 0) is 6.42 Å². The first kappa shape index (κ1) is 12.2. The molecule has 3 nitrogen and oxygen atoms in total. The lowest BCUT2D eigenvalue weighted by Crippen LogP contribution is -1.99. The van der Waals surface area contributed by atoms with Gasteiger partial charge in [0.05, 0.1) is 5.52 Å². The van der Waals surface area contributed by atoms with Gasteiger partial charge in [-0.1, -0.05) is 36.7 Å². The van der Waals surface area contributed by atoms with Gasteiger partial charge in [0, 0.05) is 17.8 Å². The first-order valence-corrected chi connectivity index (χ1v) is 6.68. The van der Waals surface area contributed by atoms with Crippen LogP contribution >= 0.6 is 11.6 Å². The number of halogens is 1. The number of hydrogen-bond donors (Lipinski definition) is 0. The van der Waals surface area contributed by atoms with Crippen molar-refractivity contribution >= 4 is 22.6 Å². The molecule has 0 saturated heterocycles. The summed E-state index contributed by atoms with van der Waals surface area (Å²) in [6.07, 6.45) is 0.846. The van der Waals surface area contributed by atoms with Gasteiger partial charge in [0.15, 0.2) is 5.15 Å². The molecule has 0 amide bonds. The third-order valence-corrected chi connectivity index (χ3v) is 3.39. The van der Waals surface area contributed by atoms with Crippen LogP contribution in [0.3, 0.4) is 0 Å². The molecule has 0 unspecified atom stereocenters. The van der Waals surface area contributed by atoms with E-state index in [9.17, 15) is 0 Å². The number of fused-ring (bicyclic) bond motifs is 1. The van der Waals surface area contributed by atoms with E-state index in [0.29, 0.717) is 5.15 Å². The summed E-state index contributed by atoms with van der Waals surface area (Å²) in [4.78, 5) is 8.89. The Morgan fingerprint density at radius 1 is 1.16 bits per heavy atom. The summed E-state index contributed by atoms with van der Waals surface area (Å²) in [5.74, 6) is 0.996. The molecule has 0 atom stereocenters. The zero-order valence-corrected chi connectivity index (χ0v) is 11.6. The summed E-state index contributed by atoms with van der Waals surface area (Å²) < 4.78 is 2.15. The maximum absolute atomic E-state index is 6.21. The predicted molar refractivity (Wildman–Crippen MR) is 78.0 cm³/mol. The molecule has 3 rings (SSSR count). The van der Waals surface area contributed by atoms with Crippen molar-refractivity contribution in [3.05, 3.63) is 53.1 Å². The summed E-state index contributed by atoms with van der Waals surface area (Å²) in [7, 11) is 0. The fraction of sp³-hybridized carbons (Fsp3) is 0.200. The van der Waals surface area contributed by atoms with Crippen LogP contribution in [0.4, 0.5) is 0 Å². The Balaban J connectivity index is 2.39. The molecule has 0 N–H and O–H groups in total. The summed E-state index contributed by atoms with van der Waals surface area (Å²) in [5, 5.41) is 0.472. The summed E-state index contributed by atoms with van der Waals surface area (Å²) in [6, 6.07) is 12.2. The Kier molecular flexibility index (Phi) is 2.99. The highest BCUT2D eigenvalue weighted by Crippen LogP contribution is 2.26. The van der Waals surface area contributed by atoms with Gasteiger partial charge >= 0.3 is 0 Å². The van der Waals surface area contributed by atoms with Crippen LogP contribution in [0, 0.1) is 6.92 Å². The van der Waals surface area contributed by atoms with Gasteiger partial charge in [-0.2, -0.15) is 0 Å². The van der Waals surface area contributed by atoms with Crippen molar-refractivity contribution in [2.45, 2.75) is 20.3 Å². The van der Waals surface area contributed by atoms with Crippen molar-refractivity contribution in [1.29, 1.82) is 0 Å². The Hall–Kier alpha value is -1.87. The van der Waals surface area contributed by atoms with Gasteiger partial charge in [0.2, 0.25) is 0 Å². The summed E-state index contributed by atoms with van der Waals surface area (Å²) in [5.41, 5.74) is 3.79. The molecule has 0 saturated carbocycles. The highest BCUT2D eigenvalue weighted by molar-refractivity contribution is 6.33. The normalized spacial score (nSPS) is 11.1. The van der Waals surface area contributed by atoms with Crippen molar-refractivity contribution in [3.63, 3.8) is 0 Å². The average Bonchev–Trinajstić information content (AvgIpc) is 2.78. The molecule has 4 heteroatoms. The molecular formula is C15H14ClN3. The molecule has 2 heterocycles. The number of imidazole rings is 1. The van der Waals surface area contributed by atoms with Crippen molar-refractivity contribution in [2.24, 2.45) is 0 Å². The Bertz CT molecular complexity index is 732. The Labute approximate surface area is 116 Å². The number of benzene rings is 1. The number of hydrogen-bond acceptors (Lipinski definition) is 2. The Morgan fingerprint density at radius 2 is 1.89 bits per heavy atom. The third-order valence-electron chi connectivity index (χ3n) is 3.13. The number of para-hydroxylation sites is 1. The second kappa shape index (κ2) is 4.67. The molecule has 96 valence electrons. The molecule has 0 fully saturated rings. The zero-order chi connectivity index (χ0) is 13.4. The fourth-order valence-corrected chi connectivity index (χ4v) is 2.58. The van der Waals surface area contributed by atoms with Gasteiger partial charge in [-0.15, -0.1) is 0 Å². The van der Waals surface area contributed by atoms with Crippen LogP contribution in [0.1, 0.15) is 18.4 Å². The molecule has 3 aromatic rings. The van der Waals surface area contributed by atoms with E-state index in [4.69, 9.17) is 11.6 Å². The average molecular weight is 272 g/mol. The molecule has 2 aromatic heterocycles. The van der Waals surface area contributed by atoms with E-state index in [1.165, 1.54) is 0 Å². The highest BCUT2D eigenvalue weighted by atomic mass is 35.5. The summed E-state index contributed by atoms with van der Waals surface area (Å²) >= 11 is 6.21. The van der Waals surface area contributed by atoms with Crippen LogP contribution in [-0.4, -0.2) is 14.5 Å². The predicted octanol–water partition coefficient (Wildman–Crippen LogP) is 3.94. The lowest BCUT2D eigenvalue weighted by atomic mass is 10.3. The van der Waals surface area contributed by atoms with E-state index >= 15 is 0 Å². The van der Waals surface area contributed by atoms with Gasteiger partial charge in [-0.3, -0.25) is 4.57 Å². The highest BCUT2D eigenvalue weighted by Gasteiger charge is 2.14. The molecular weight excluding hydrogens is 258 g/mol. The Morgan fingerprint density at radius 3 is 2.58 bits per heavy atom. The van der Waals surface area contributed by atoms with E-state index in [0.717, 1.165) is 34.7 Å². The van der Waals surface area contributed by atoms with Crippen LogP contribution in [0.15, 0.2) is 36.4 Å². The van der Waals surface area contributed by atoms with Crippen LogP contribution in [0.2, 0.25) is 5.15 Å². The van der Waals surface area contributed by atoms with Gasteiger partial charge in [0.25, 0.3) is 0 Å². The van der Waals surface area contributed by atoms with E-state index in [2.05, 4.69) is 33.6 Å². The van der Waals surface area contributed by atoms with E-state index < -0.39 is 0 Å². The van der Waals surface area contributed by atoms with Gasteiger partial charge in [-0.05, 0) is 25.1 Å². The molecule has 0 aliphatic carbocycles. The SMILES string of the molecule is CCc1nc2c(Cl)nc(C)cc2n1-c1ccccc1. The van der Waals surface area contributed by atoms with E-state index in [1.54, 1.807) is 0 Å². The maximum Gasteiger partial charge on any atom is 0.157 e. The van der Waals surface area contributed by atoms with Crippen molar-refractivity contribution in [1.82, 2.24) is 14.5 Å². The number of aryl methyl sites for hydroxylation is 2. The maximum atomic E-state index is 6.21. The second-order valence-corrected chi connectivity index (χ2v) is 4.83. The lowest BCUT2D eigenvalue weighted by molar-refractivity contribution is 0.908. The number of nitrogens with zero attached hydrogens (tertiary/aromatic N) is 3. The molecule has 0 aliphatic rings. The molecule has 0 bridgehead atoms. The molecule has 19 heavy (non-hydrogen) atoms. The van der Waals surface area contributed by atoms with Crippen LogP contribution in [0.25, 0.3) is 16.7 Å². The summed E-state index contributed by atoms with van der Waals surface area (Å²) in [6.45, 7) is 4.04. The number of rotatable bonds is 2. The van der Waals surface area contributed by atoms with Crippen molar-refractivity contribution in [2.75, 3.05) is 0 Å². The molecule has 1 aromatic carbocycles. The zero-order valence-electron chi connectivity index (χ0n) is 10.9. The second-order valence-electron chi connectivity index (χ2n) is 4.47. The number of pyridine rings is 1. The van der Waals surface area contributed by atoms with Gasteiger partial charge < -0.3 is 0 Å². The molecule has 0 radical (unpaired) electrons. The first-order valence-electron chi connectivity index (χ1n) is 6.30. The quantitative estimate of drug-likeness (QED) is 0.661. The third kappa shape index (κ3) is 2.00.